The Labute approximate surface area is 134 Å². The zero-order valence-corrected chi connectivity index (χ0v) is 14.8. The van der Waals surface area contributed by atoms with E-state index in [1.54, 1.807) is 0 Å². The second-order valence-electron chi connectivity index (χ2n) is 8.92. The van der Waals surface area contributed by atoms with Crippen LogP contribution in [0.25, 0.3) is 0 Å². The van der Waals surface area contributed by atoms with E-state index in [9.17, 15) is 9.59 Å². The van der Waals surface area contributed by atoms with Gasteiger partial charge in [0.15, 0.2) is 0 Å². The van der Waals surface area contributed by atoms with Gasteiger partial charge in [0.05, 0.1) is 11.8 Å². The fourth-order valence-electron chi connectivity index (χ4n) is 5.88. The van der Waals surface area contributed by atoms with Crippen LogP contribution in [-0.4, -0.2) is 23.3 Å². The van der Waals surface area contributed by atoms with Crippen molar-refractivity contribution >= 4 is 11.8 Å². The van der Waals surface area contributed by atoms with Gasteiger partial charge in [0, 0.05) is 6.54 Å². The highest BCUT2D eigenvalue weighted by Crippen LogP contribution is 2.64. The minimum atomic E-state index is 0.0120. The molecule has 2 amide bonds. The van der Waals surface area contributed by atoms with Crippen molar-refractivity contribution in [3.8, 4) is 0 Å². The summed E-state index contributed by atoms with van der Waals surface area (Å²) in [6, 6.07) is 0. The average Bonchev–Trinajstić information content (AvgIpc) is 3.01. The molecule has 2 bridgehead atoms. The first kappa shape index (κ1) is 16.0. The van der Waals surface area contributed by atoms with Crippen LogP contribution in [-0.2, 0) is 9.59 Å². The van der Waals surface area contributed by atoms with Crippen molar-refractivity contribution in [3.05, 3.63) is 0 Å². The van der Waals surface area contributed by atoms with Gasteiger partial charge in [0.25, 0.3) is 0 Å². The summed E-state index contributed by atoms with van der Waals surface area (Å²) in [7, 11) is 0. The van der Waals surface area contributed by atoms with E-state index in [2.05, 4.69) is 27.7 Å². The third kappa shape index (κ3) is 2.23. The predicted molar refractivity (Wildman–Crippen MR) is 86.9 cm³/mol. The smallest absolute Gasteiger partial charge is 0.233 e. The lowest BCUT2D eigenvalue weighted by atomic mass is 9.64. The van der Waals surface area contributed by atoms with E-state index in [-0.39, 0.29) is 23.7 Å². The molecule has 0 N–H and O–H groups in total. The molecule has 0 aromatic rings. The van der Waals surface area contributed by atoms with Crippen molar-refractivity contribution in [2.75, 3.05) is 6.54 Å². The Kier molecular flexibility index (Phi) is 3.89. The van der Waals surface area contributed by atoms with Gasteiger partial charge in [-0.25, -0.2) is 0 Å². The molecule has 6 atom stereocenters. The maximum absolute atomic E-state index is 12.7. The van der Waals surface area contributed by atoms with Gasteiger partial charge >= 0.3 is 0 Å². The van der Waals surface area contributed by atoms with Gasteiger partial charge in [0.2, 0.25) is 11.8 Å². The molecule has 1 heterocycles. The Morgan fingerprint density at radius 3 is 2.00 bits per heavy atom. The van der Waals surface area contributed by atoms with E-state index in [1.165, 1.54) is 24.2 Å². The van der Waals surface area contributed by atoms with Gasteiger partial charge in [-0.05, 0) is 48.9 Å². The number of rotatable bonds is 4. The van der Waals surface area contributed by atoms with E-state index < -0.39 is 0 Å². The summed E-state index contributed by atoms with van der Waals surface area (Å²) in [6.07, 6.45) is 4.72. The van der Waals surface area contributed by atoms with Crippen molar-refractivity contribution in [2.24, 2.45) is 40.9 Å². The summed E-state index contributed by atoms with van der Waals surface area (Å²) in [5, 5.41) is 0. The molecule has 3 nitrogen and oxygen atoms in total. The minimum Gasteiger partial charge on any atom is -0.282 e. The number of carbonyl (C=O) groups excluding carboxylic acids is 2. The summed E-state index contributed by atoms with van der Waals surface area (Å²) in [6.45, 7) is 11.6. The molecule has 3 fully saturated rings. The van der Waals surface area contributed by atoms with Crippen LogP contribution in [0.15, 0.2) is 0 Å². The van der Waals surface area contributed by atoms with Crippen LogP contribution in [0.5, 0.6) is 0 Å². The highest BCUT2D eigenvalue weighted by Gasteiger charge is 2.66. The summed E-state index contributed by atoms with van der Waals surface area (Å²) < 4.78 is 0. The molecule has 1 saturated heterocycles. The van der Waals surface area contributed by atoms with Crippen LogP contribution in [0.2, 0.25) is 0 Å². The van der Waals surface area contributed by atoms with Crippen LogP contribution in [0.3, 0.4) is 0 Å². The third-order valence-corrected chi connectivity index (χ3v) is 6.39. The number of fused-ring (bicyclic) bond motifs is 5. The Morgan fingerprint density at radius 2 is 1.55 bits per heavy atom. The number of imide groups is 1. The molecule has 0 aromatic heterocycles. The van der Waals surface area contributed by atoms with Gasteiger partial charge in [-0.3, -0.25) is 14.5 Å². The number of carbonyl (C=O) groups is 2. The monoisotopic (exact) mass is 305 g/mol. The molecule has 6 unspecified atom stereocenters. The summed E-state index contributed by atoms with van der Waals surface area (Å²) in [5.41, 5.74) is 0.298. The van der Waals surface area contributed by atoms with Crippen LogP contribution in [0.4, 0.5) is 0 Å². The quantitative estimate of drug-likeness (QED) is 0.742. The van der Waals surface area contributed by atoms with Gasteiger partial charge < -0.3 is 0 Å². The average molecular weight is 305 g/mol. The molecule has 1 aliphatic heterocycles. The SMILES string of the molecule is CCCC1C(CC(C)(C)C)C2CC1C1C(=O)N(CC)C(=O)C21. The lowest BCUT2D eigenvalue weighted by molar-refractivity contribution is -0.140. The van der Waals surface area contributed by atoms with Gasteiger partial charge in [-0.15, -0.1) is 0 Å². The molecular formula is C19H31NO2. The molecule has 124 valence electrons. The fourth-order valence-corrected chi connectivity index (χ4v) is 5.88. The molecule has 0 radical (unpaired) electrons. The Hall–Kier alpha value is -0.860. The van der Waals surface area contributed by atoms with Crippen LogP contribution in [0, 0.1) is 40.9 Å². The highest BCUT2D eigenvalue weighted by atomic mass is 16.2. The van der Waals surface area contributed by atoms with Crippen molar-refractivity contribution in [3.63, 3.8) is 0 Å². The lowest BCUT2D eigenvalue weighted by Gasteiger charge is -2.39. The standard InChI is InChI=1S/C19H31NO2/c1-6-8-11-12-9-13(14(11)10-19(3,4)5)16-15(12)17(21)20(7-2)18(16)22/h11-16H,6-10H2,1-5H3. The van der Waals surface area contributed by atoms with Crippen molar-refractivity contribution < 1.29 is 9.59 Å². The maximum Gasteiger partial charge on any atom is 0.233 e. The summed E-state index contributed by atoms with van der Waals surface area (Å²) >= 11 is 0. The van der Waals surface area contributed by atoms with Gasteiger partial charge in [0.1, 0.15) is 0 Å². The second kappa shape index (κ2) is 5.35. The van der Waals surface area contributed by atoms with E-state index >= 15 is 0 Å². The first-order valence-electron chi connectivity index (χ1n) is 9.15. The molecule has 3 rings (SSSR count). The van der Waals surface area contributed by atoms with Crippen LogP contribution in [0.1, 0.15) is 60.3 Å². The van der Waals surface area contributed by atoms with E-state index in [0.717, 1.165) is 6.42 Å². The Morgan fingerprint density at radius 1 is 1.00 bits per heavy atom. The molecule has 3 heteroatoms. The Bertz CT molecular complexity index is 478. The van der Waals surface area contributed by atoms with Crippen molar-refractivity contribution in [1.29, 1.82) is 0 Å². The number of amides is 2. The molecule has 0 spiro atoms. The first-order valence-corrected chi connectivity index (χ1v) is 9.15. The van der Waals surface area contributed by atoms with Crippen molar-refractivity contribution in [2.45, 2.75) is 60.3 Å². The van der Waals surface area contributed by atoms with Crippen LogP contribution < -0.4 is 0 Å². The predicted octanol–water partition coefficient (Wildman–Crippen LogP) is 3.73. The van der Waals surface area contributed by atoms with Crippen molar-refractivity contribution in [1.82, 2.24) is 4.90 Å². The van der Waals surface area contributed by atoms with E-state index in [4.69, 9.17) is 0 Å². The Balaban J connectivity index is 1.90. The molecule has 3 aliphatic rings. The summed E-state index contributed by atoms with van der Waals surface area (Å²) in [5.74, 6) is 2.53. The fraction of sp³-hybridized carbons (Fsp3) is 0.895. The normalized spacial score (nSPS) is 40.7. The first-order chi connectivity index (χ1) is 10.3. The zero-order valence-electron chi connectivity index (χ0n) is 14.8. The van der Waals surface area contributed by atoms with Gasteiger partial charge in [-0.1, -0.05) is 40.5 Å². The third-order valence-electron chi connectivity index (χ3n) is 6.39. The number of hydrogen-bond acceptors (Lipinski definition) is 2. The zero-order chi connectivity index (χ0) is 16.2. The highest BCUT2D eigenvalue weighted by molar-refractivity contribution is 6.06. The minimum absolute atomic E-state index is 0.0120. The number of likely N-dealkylation sites (tertiary alicyclic amines) is 1. The second-order valence-corrected chi connectivity index (χ2v) is 8.92. The maximum atomic E-state index is 12.7. The topological polar surface area (TPSA) is 37.4 Å². The lowest BCUT2D eigenvalue weighted by Crippen LogP contribution is -2.38. The molecule has 22 heavy (non-hydrogen) atoms. The number of hydrogen-bond donors (Lipinski definition) is 0. The molecular weight excluding hydrogens is 274 g/mol. The molecule has 2 aliphatic carbocycles. The summed E-state index contributed by atoms with van der Waals surface area (Å²) in [4.78, 5) is 26.9. The van der Waals surface area contributed by atoms with Gasteiger partial charge in [-0.2, -0.15) is 0 Å². The molecule has 0 aromatic carbocycles. The largest absolute Gasteiger partial charge is 0.282 e. The van der Waals surface area contributed by atoms with E-state index in [1.807, 2.05) is 6.92 Å². The molecule has 2 saturated carbocycles. The number of nitrogens with zero attached hydrogens (tertiary/aromatic N) is 1. The van der Waals surface area contributed by atoms with E-state index in [0.29, 0.717) is 35.6 Å². The van der Waals surface area contributed by atoms with Crippen LogP contribution >= 0.6 is 0 Å².